The number of benzene rings is 1. The van der Waals surface area contributed by atoms with Gasteiger partial charge in [0, 0.05) is 34.5 Å². The Balaban J connectivity index is 0.000000527. The zero-order valence-electron chi connectivity index (χ0n) is 14.9. The normalized spacial score (nSPS) is 10.7. The molecule has 0 saturated carbocycles. The molecule has 0 aliphatic rings. The fraction of sp³-hybridized carbons (Fsp3) is 0.222. The summed E-state index contributed by atoms with van der Waals surface area (Å²) in [4.78, 5) is 29.8. The summed E-state index contributed by atoms with van der Waals surface area (Å²) in [5, 5.41) is 19.1. The molecule has 1 heterocycles. The van der Waals surface area contributed by atoms with E-state index in [1.807, 2.05) is 50.5 Å². The molecule has 0 spiro atoms. The van der Waals surface area contributed by atoms with Crippen molar-refractivity contribution in [3.63, 3.8) is 0 Å². The highest BCUT2D eigenvalue weighted by Crippen LogP contribution is 2.15. The Morgan fingerprint density at radius 2 is 1.56 bits per heavy atom. The van der Waals surface area contributed by atoms with E-state index < -0.39 is 11.9 Å². The van der Waals surface area contributed by atoms with Crippen LogP contribution >= 0.6 is 15.9 Å². The second-order valence-electron chi connectivity index (χ2n) is 5.43. The molecule has 2 rings (SSSR count). The molecule has 2 N–H and O–H groups in total. The van der Waals surface area contributed by atoms with Gasteiger partial charge in [0.25, 0.3) is 0 Å². The van der Waals surface area contributed by atoms with Gasteiger partial charge in [-0.05, 0) is 38.4 Å². The van der Waals surface area contributed by atoms with E-state index in [1.165, 1.54) is 0 Å². The molecule has 0 radical (unpaired) electrons. The third kappa shape index (κ3) is 8.93. The summed E-state index contributed by atoms with van der Waals surface area (Å²) in [6.45, 7) is 1.38. The number of rotatable bonds is 6. The number of carboxylic acids is 2. The van der Waals surface area contributed by atoms with Crippen molar-refractivity contribution in [2.75, 3.05) is 27.2 Å². The lowest BCUT2D eigenvalue weighted by atomic mass is 10.0. The third-order valence-electron chi connectivity index (χ3n) is 3.04. The second-order valence-corrected chi connectivity index (χ2v) is 6.35. The lowest BCUT2D eigenvalue weighted by molar-refractivity contribution is -0.159. The highest BCUT2D eigenvalue weighted by Gasteiger charge is 2.08. The second kappa shape index (κ2) is 11.8. The van der Waals surface area contributed by atoms with Crippen LogP contribution in [-0.2, 0) is 14.4 Å². The van der Waals surface area contributed by atoms with Crippen LogP contribution < -0.4 is 0 Å². The Morgan fingerprint density at radius 3 is 2.04 bits per heavy atom. The van der Waals surface area contributed by atoms with Crippen molar-refractivity contribution in [1.29, 1.82) is 0 Å². The average Bonchev–Trinajstić information content (AvgIpc) is 2.64. The minimum atomic E-state index is -1.82. The first-order chi connectivity index (χ1) is 12.8. The molecular weight excluding hydrogens is 418 g/mol. The number of likely N-dealkylation sites (N-methyl/N-ethyl adjacent to an activating group) is 1. The Labute approximate surface area is 165 Å². The maximum absolute atomic E-state index is 9.10. The molecule has 2 aromatic rings. The molecule has 1 aromatic heterocycles. The van der Waals surface area contributed by atoms with Gasteiger partial charge in [0.2, 0.25) is 0 Å². The molecule has 27 heavy (non-hydrogen) atoms. The van der Waals surface area contributed by atoms with Crippen LogP contribution in [0.3, 0.4) is 0 Å². The molecule has 144 valence electrons. The lowest BCUT2D eigenvalue weighted by Crippen LogP contribution is -2.17. The Hall–Kier alpha value is -2.78. The van der Waals surface area contributed by atoms with Gasteiger partial charge in [0.15, 0.2) is 0 Å². The van der Waals surface area contributed by atoms with Crippen molar-refractivity contribution in [3.8, 4) is 0 Å². The van der Waals surface area contributed by atoms with Gasteiger partial charge < -0.3 is 20.0 Å². The summed E-state index contributed by atoms with van der Waals surface area (Å²) in [7, 11) is 4.01. The smallest absolute Gasteiger partial charge is 0.414 e. The van der Waals surface area contributed by atoms with Gasteiger partial charge in [-0.1, -0.05) is 33.2 Å². The topological polar surface area (TPSA) is 112 Å². The minimum absolute atomic E-state index is 0.554. The molecule has 0 aliphatic carbocycles. The molecule has 0 bridgehead atoms. The number of hydrogen-bond donors (Lipinski definition) is 2. The molecule has 0 aliphatic heterocycles. The van der Waals surface area contributed by atoms with E-state index in [1.54, 1.807) is 12.4 Å². The van der Waals surface area contributed by atoms with Crippen molar-refractivity contribution >= 4 is 33.6 Å². The van der Waals surface area contributed by atoms with Gasteiger partial charge >= 0.3 is 11.9 Å². The number of aliphatic carboxylic acids is 2. The summed E-state index contributed by atoms with van der Waals surface area (Å²) in [6, 6.07) is 11.9. The summed E-state index contributed by atoms with van der Waals surface area (Å²) >= 11 is 3.44. The van der Waals surface area contributed by atoms with Crippen LogP contribution in [0.1, 0.15) is 11.1 Å². The monoisotopic (exact) mass is 437 g/mol. The van der Waals surface area contributed by atoms with E-state index in [-0.39, 0.29) is 0 Å². The van der Waals surface area contributed by atoms with Crippen LogP contribution in [0.4, 0.5) is 0 Å². The van der Waals surface area contributed by atoms with Crippen LogP contribution in [0, 0.1) is 0 Å². The standard InChI is InChI=1S/C16H18BrN3O.C2H2O4/c1-20(2)11-12-21-19-16(14-7-9-18-10-8-14)13-3-5-15(17)6-4-13;3-1(4)2(5)6/h3-10H,11-12H2,1-2H3;(H,3,4)(H,5,6)/b19-16+;. The Morgan fingerprint density at radius 1 is 1.04 bits per heavy atom. The number of carboxylic acid groups (broad SMARTS) is 2. The van der Waals surface area contributed by atoms with Crippen LogP contribution in [0.25, 0.3) is 0 Å². The predicted molar refractivity (Wildman–Crippen MR) is 104 cm³/mol. The van der Waals surface area contributed by atoms with E-state index in [0.717, 1.165) is 27.9 Å². The van der Waals surface area contributed by atoms with Crippen LogP contribution in [0.15, 0.2) is 58.4 Å². The number of carbonyl (C=O) groups is 2. The summed E-state index contributed by atoms with van der Waals surface area (Å²) in [6.07, 6.45) is 3.51. The largest absolute Gasteiger partial charge is 0.473 e. The molecule has 1 aromatic carbocycles. The van der Waals surface area contributed by atoms with Gasteiger partial charge in [0.1, 0.15) is 12.3 Å². The fourth-order valence-electron chi connectivity index (χ4n) is 1.72. The zero-order valence-corrected chi connectivity index (χ0v) is 16.5. The van der Waals surface area contributed by atoms with E-state index in [9.17, 15) is 0 Å². The number of aromatic nitrogens is 1. The van der Waals surface area contributed by atoms with E-state index in [4.69, 9.17) is 24.6 Å². The molecule has 9 heteroatoms. The van der Waals surface area contributed by atoms with Gasteiger partial charge in [-0.25, -0.2) is 9.59 Å². The quantitative estimate of drug-likeness (QED) is 0.308. The summed E-state index contributed by atoms with van der Waals surface area (Å²) in [5.74, 6) is -3.65. The molecule has 8 nitrogen and oxygen atoms in total. The number of hydrogen-bond acceptors (Lipinski definition) is 6. The molecule has 0 saturated heterocycles. The van der Waals surface area contributed by atoms with Crippen LogP contribution in [0.2, 0.25) is 0 Å². The van der Waals surface area contributed by atoms with Gasteiger partial charge in [-0.2, -0.15) is 0 Å². The SMILES string of the molecule is CN(C)CCO/N=C(/c1ccncc1)c1ccc(Br)cc1.O=C(O)C(=O)O. The molecule has 0 unspecified atom stereocenters. The van der Waals surface area contributed by atoms with Crippen LogP contribution in [-0.4, -0.2) is 65.0 Å². The maximum atomic E-state index is 9.10. The number of halogens is 1. The first kappa shape index (κ1) is 22.3. The number of pyridine rings is 1. The van der Waals surface area contributed by atoms with Gasteiger partial charge in [-0.3, -0.25) is 4.98 Å². The van der Waals surface area contributed by atoms with Crippen molar-refractivity contribution in [2.24, 2.45) is 5.16 Å². The number of nitrogens with zero attached hydrogens (tertiary/aromatic N) is 3. The fourth-order valence-corrected chi connectivity index (χ4v) is 1.99. The third-order valence-corrected chi connectivity index (χ3v) is 3.57. The number of oxime groups is 1. The molecule has 0 atom stereocenters. The van der Waals surface area contributed by atoms with E-state index in [0.29, 0.717) is 6.61 Å². The summed E-state index contributed by atoms with van der Waals surface area (Å²) < 4.78 is 1.04. The summed E-state index contributed by atoms with van der Waals surface area (Å²) in [5.41, 5.74) is 2.80. The molecule has 0 fully saturated rings. The average molecular weight is 438 g/mol. The van der Waals surface area contributed by atoms with Gasteiger partial charge in [0.05, 0.1) is 0 Å². The van der Waals surface area contributed by atoms with Crippen LogP contribution in [0.5, 0.6) is 0 Å². The first-order valence-electron chi connectivity index (χ1n) is 7.78. The van der Waals surface area contributed by atoms with Crippen molar-refractivity contribution in [1.82, 2.24) is 9.88 Å². The maximum Gasteiger partial charge on any atom is 0.414 e. The van der Waals surface area contributed by atoms with E-state index >= 15 is 0 Å². The highest BCUT2D eigenvalue weighted by atomic mass is 79.9. The Bertz CT molecular complexity index is 752. The predicted octanol–water partition coefficient (Wildman–Crippen LogP) is 2.33. The highest BCUT2D eigenvalue weighted by molar-refractivity contribution is 9.10. The van der Waals surface area contributed by atoms with E-state index in [2.05, 4.69) is 31.0 Å². The first-order valence-corrected chi connectivity index (χ1v) is 8.57. The Kier molecular flexibility index (Phi) is 9.70. The van der Waals surface area contributed by atoms with Crippen molar-refractivity contribution < 1.29 is 24.6 Å². The zero-order chi connectivity index (χ0) is 20.2. The lowest BCUT2D eigenvalue weighted by Gasteiger charge is -2.10. The molecular formula is C18H20BrN3O5. The minimum Gasteiger partial charge on any atom is -0.473 e. The van der Waals surface area contributed by atoms with Crippen molar-refractivity contribution in [3.05, 3.63) is 64.4 Å². The van der Waals surface area contributed by atoms with Crippen molar-refractivity contribution in [2.45, 2.75) is 0 Å². The van der Waals surface area contributed by atoms with Gasteiger partial charge in [-0.15, -0.1) is 0 Å². The molecule has 0 amide bonds.